The molecule has 0 aliphatic heterocycles. The van der Waals surface area contributed by atoms with Crippen LogP contribution in [0.1, 0.15) is 16.7 Å². The van der Waals surface area contributed by atoms with Gasteiger partial charge in [0.15, 0.2) is 0 Å². The van der Waals surface area contributed by atoms with Crippen molar-refractivity contribution >= 4 is 16.5 Å². The van der Waals surface area contributed by atoms with E-state index in [9.17, 15) is 5.11 Å². The molecular weight excluding hydrogens is 258 g/mol. The number of benzene rings is 3. The molecule has 0 spiro atoms. The van der Waals surface area contributed by atoms with E-state index in [1.807, 2.05) is 24.3 Å². The molecule has 3 aromatic carbocycles. The summed E-state index contributed by atoms with van der Waals surface area (Å²) in [6, 6.07) is 18.1. The Bertz CT molecular complexity index is 793. The first-order valence-electron chi connectivity index (χ1n) is 7.16. The summed E-state index contributed by atoms with van der Waals surface area (Å²) in [5, 5.41) is 15.9. The molecule has 2 nitrogen and oxygen atoms in total. The summed E-state index contributed by atoms with van der Waals surface area (Å²) in [7, 11) is 0. The number of rotatable bonds is 3. The number of hydrogen-bond donors (Lipinski definition) is 2. The van der Waals surface area contributed by atoms with Gasteiger partial charge in [-0.1, -0.05) is 42.5 Å². The average Bonchev–Trinajstić information content (AvgIpc) is 2.50. The Hall–Kier alpha value is -2.48. The Morgan fingerprint density at radius 2 is 1.71 bits per heavy atom. The minimum atomic E-state index is 0.339. The molecule has 21 heavy (non-hydrogen) atoms. The number of fused-ring (bicyclic) bond motifs is 1. The maximum Gasteiger partial charge on any atom is 0.121 e. The van der Waals surface area contributed by atoms with Crippen molar-refractivity contribution in [3.8, 4) is 5.75 Å². The van der Waals surface area contributed by atoms with Crippen molar-refractivity contribution in [3.05, 3.63) is 71.3 Å². The van der Waals surface area contributed by atoms with Gasteiger partial charge < -0.3 is 10.4 Å². The first-order valence-corrected chi connectivity index (χ1v) is 7.16. The maximum atomic E-state index is 10.2. The summed E-state index contributed by atoms with van der Waals surface area (Å²) < 4.78 is 0. The Labute approximate surface area is 125 Å². The Morgan fingerprint density at radius 1 is 0.905 bits per heavy atom. The van der Waals surface area contributed by atoms with Crippen molar-refractivity contribution in [1.29, 1.82) is 0 Å². The second-order valence-corrected chi connectivity index (χ2v) is 5.39. The Morgan fingerprint density at radius 3 is 2.57 bits per heavy atom. The van der Waals surface area contributed by atoms with E-state index in [4.69, 9.17) is 0 Å². The lowest BCUT2D eigenvalue weighted by Gasteiger charge is -2.14. The van der Waals surface area contributed by atoms with Crippen LogP contribution in [0.3, 0.4) is 0 Å². The molecular formula is C19H19NO. The summed E-state index contributed by atoms with van der Waals surface area (Å²) in [5.74, 6) is 0.339. The Balaban J connectivity index is 1.95. The van der Waals surface area contributed by atoms with Crippen LogP contribution in [-0.4, -0.2) is 5.11 Å². The standard InChI is InChI=1S/C19H19NO/c1-13-6-5-9-18(14(13)2)20-12-17-16-8-4-3-7-15(16)10-11-19(17)21/h3-11,20-21H,12H2,1-2H3. The van der Waals surface area contributed by atoms with Gasteiger partial charge in [0.05, 0.1) is 0 Å². The summed E-state index contributed by atoms with van der Waals surface area (Å²) in [6.07, 6.45) is 0. The van der Waals surface area contributed by atoms with Gasteiger partial charge in [0.2, 0.25) is 0 Å². The fraction of sp³-hybridized carbons (Fsp3) is 0.158. The number of nitrogens with one attached hydrogen (secondary N) is 1. The van der Waals surface area contributed by atoms with Gasteiger partial charge in [0.1, 0.15) is 5.75 Å². The molecule has 0 radical (unpaired) electrons. The molecule has 0 bridgehead atoms. The number of phenolic OH excluding ortho intramolecular Hbond substituents is 1. The van der Waals surface area contributed by atoms with E-state index in [-0.39, 0.29) is 0 Å². The molecule has 0 aromatic heterocycles. The van der Waals surface area contributed by atoms with Crippen molar-refractivity contribution in [2.45, 2.75) is 20.4 Å². The van der Waals surface area contributed by atoms with Gasteiger partial charge >= 0.3 is 0 Å². The molecule has 3 rings (SSSR count). The minimum absolute atomic E-state index is 0.339. The van der Waals surface area contributed by atoms with Crippen LogP contribution < -0.4 is 5.32 Å². The third-order valence-corrected chi connectivity index (χ3v) is 4.08. The van der Waals surface area contributed by atoms with Crippen LogP contribution in [0, 0.1) is 13.8 Å². The quantitative estimate of drug-likeness (QED) is 0.722. The van der Waals surface area contributed by atoms with Gasteiger partial charge in [-0.15, -0.1) is 0 Å². The van der Waals surface area contributed by atoms with E-state index >= 15 is 0 Å². The molecule has 0 aliphatic rings. The van der Waals surface area contributed by atoms with E-state index in [1.165, 1.54) is 11.1 Å². The van der Waals surface area contributed by atoms with Crippen LogP contribution in [0.25, 0.3) is 10.8 Å². The SMILES string of the molecule is Cc1cccc(NCc2c(O)ccc3ccccc23)c1C. The highest BCUT2D eigenvalue weighted by atomic mass is 16.3. The molecule has 2 heteroatoms. The van der Waals surface area contributed by atoms with Gasteiger partial charge in [-0.2, -0.15) is 0 Å². The molecule has 0 saturated carbocycles. The summed E-state index contributed by atoms with van der Waals surface area (Å²) in [5.41, 5.74) is 4.57. The molecule has 0 heterocycles. The molecule has 0 unspecified atom stereocenters. The van der Waals surface area contributed by atoms with Crippen molar-refractivity contribution in [3.63, 3.8) is 0 Å². The normalized spacial score (nSPS) is 10.8. The van der Waals surface area contributed by atoms with Gasteiger partial charge in [0, 0.05) is 17.8 Å². The number of aromatic hydroxyl groups is 1. The summed E-state index contributed by atoms with van der Waals surface area (Å²) in [4.78, 5) is 0. The smallest absolute Gasteiger partial charge is 0.121 e. The zero-order valence-corrected chi connectivity index (χ0v) is 12.4. The number of phenols is 1. The third-order valence-electron chi connectivity index (χ3n) is 4.08. The van der Waals surface area contributed by atoms with Crippen LogP contribution in [-0.2, 0) is 6.54 Å². The van der Waals surface area contributed by atoms with Gasteiger partial charge in [-0.3, -0.25) is 0 Å². The van der Waals surface area contributed by atoms with Crippen molar-refractivity contribution < 1.29 is 5.11 Å². The van der Waals surface area contributed by atoms with Crippen molar-refractivity contribution in [2.75, 3.05) is 5.32 Å². The highest BCUT2D eigenvalue weighted by Crippen LogP contribution is 2.28. The van der Waals surface area contributed by atoms with Crippen molar-refractivity contribution in [2.24, 2.45) is 0 Å². The van der Waals surface area contributed by atoms with Gasteiger partial charge in [-0.05, 0) is 47.9 Å². The van der Waals surface area contributed by atoms with Crippen molar-refractivity contribution in [1.82, 2.24) is 0 Å². The highest BCUT2D eigenvalue weighted by Gasteiger charge is 2.07. The lowest BCUT2D eigenvalue weighted by molar-refractivity contribution is 0.470. The second-order valence-electron chi connectivity index (χ2n) is 5.39. The lowest BCUT2D eigenvalue weighted by Crippen LogP contribution is -2.02. The van der Waals surface area contributed by atoms with Gasteiger partial charge in [-0.25, -0.2) is 0 Å². The van der Waals surface area contributed by atoms with Crippen LogP contribution in [0.4, 0.5) is 5.69 Å². The molecule has 0 fully saturated rings. The predicted molar refractivity (Wildman–Crippen MR) is 88.9 cm³/mol. The van der Waals surface area contributed by atoms with Gasteiger partial charge in [0.25, 0.3) is 0 Å². The summed E-state index contributed by atoms with van der Waals surface area (Å²) >= 11 is 0. The average molecular weight is 277 g/mol. The Kier molecular flexibility index (Phi) is 3.53. The van der Waals surface area contributed by atoms with E-state index in [2.05, 4.69) is 43.4 Å². The number of hydrogen-bond acceptors (Lipinski definition) is 2. The van der Waals surface area contributed by atoms with Crippen LogP contribution >= 0.6 is 0 Å². The fourth-order valence-electron chi connectivity index (χ4n) is 2.64. The van der Waals surface area contributed by atoms with E-state index in [0.29, 0.717) is 12.3 Å². The second kappa shape index (κ2) is 5.49. The first-order chi connectivity index (χ1) is 10.2. The first kappa shape index (κ1) is 13.5. The number of anilines is 1. The van der Waals surface area contributed by atoms with Crippen LogP contribution in [0.2, 0.25) is 0 Å². The molecule has 106 valence electrons. The fourth-order valence-corrected chi connectivity index (χ4v) is 2.64. The van der Waals surface area contributed by atoms with E-state index < -0.39 is 0 Å². The zero-order valence-electron chi connectivity index (χ0n) is 12.4. The molecule has 0 saturated heterocycles. The molecule has 0 atom stereocenters. The zero-order chi connectivity index (χ0) is 14.8. The topological polar surface area (TPSA) is 32.3 Å². The van der Waals surface area contributed by atoms with E-state index in [0.717, 1.165) is 22.0 Å². The highest BCUT2D eigenvalue weighted by molar-refractivity contribution is 5.87. The third kappa shape index (κ3) is 2.57. The molecule has 0 amide bonds. The molecule has 0 aliphatic carbocycles. The largest absolute Gasteiger partial charge is 0.508 e. The monoisotopic (exact) mass is 277 g/mol. The molecule has 3 aromatic rings. The molecule has 2 N–H and O–H groups in total. The summed E-state index contributed by atoms with van der Waals surface area (Å²) in [6.45, 7) is 4.83. The van der Waals surface area contributed by atoms with E-state index in [1.54, 1.807) is 6.07 Å². The minimum Gasteiger partial charge on any atom is -0.508 e. The maximum absolute atomic E-state index is 10.2. The lowest BCUT2D eigenvalue weighted by atomic mass is 10.0. The van der Waals surface area contributed by atoms with Crippen LogP contribution in [0.15, 0.2) is 54.6 Å². The van der Waals surface area contributed by atoms with Crippen LogP contribution in [0.5, 0.6) is 5.75 Å². The predicted octanol–water partition coefficient (Wildman–Crippen LogP) is 4.77. The number of aryl methyl sites for hydroxylation is 1.